The Bertz CT molecular complexity index is 1210. The van der Waals surface area contributed by atoms with Crippen LogP contribution in [0, 0.1) is 12.7 Å². The van der Waals surface area contributed by atoms with Crippen LogP contribution in [0.15, 0.2) is 36.8 Å². The number of piperidine rings is 1. The second-order valence-corrected chi connectivity index (χ2v) is 9.33. The van der Waals surface area contributed by atoms with Crippen LogP contribution in [0.25, 0.3) is 11.3 Å². The molecule has 2 atom stereocenters. The number of nitrogens with two attached hydrogens (primary N) is 1. The summed E-state index contributed by atoms with van der Waals surface area (Å²) in [6.45, 7) is 6.22. The molecular weight excluding hydrogens is 452 g/mol. The number of nitrogens with zero attached hydrogens (tertiary/aromatic N) is 6. The van der Waals surface area contributed by atoms with Gasteiger partial charge in [-0.1, -0.05) is 0 Å². The quantitative estimate of drug-likeness (QED) is 0.558. The highest BCUT2D eigenvalue weighted by molar-refractivity contribution is 5.92. The van der Waals surface area contributed by atoms with Crippen LogP contribution in [-0.2, 0) is 6.54 Å². The zero-order chi connectivity index (χ0) is 24.5. The lowest BCUT2D eigenvalue weighted by molar-refractivity contribution is 0.0999. The van der Waals surface area contributed by atoms with Crippen molar-refractivity contribution in [3.63, 3.8) is 0 Å². The molecule has 5 rings (SSSR count). The molecular formula is C25H29F2N7O. The molecule has 10 heteroatoms. The van der Waals surface area contributed by atoms with E-state index in [1.807, 2.05) is 6.20 Å². The van der Waals surface area contributed by atoms with Crippen molar-refractivity contribution in [1.82, 2.24) is 24.4 Å². The summed E-state index contributed by atoms with van der Waals surface area (Å²) in [6, 6.07) is 4.95. The van der Waals surface area contributed by atoms with Crippen LogP contribution >= 0.6 is 0 Å². The number of likely N-dealkylation sites (tertiary alicyclic amines) is 1. The van der Waals surface area contributed by atoms with E-state index in [1.54, 1.807) is 24.0 Å². The first kappa shape index (κ1) is 23.3. The first-order valence-electron chi connectivity index (χ1n) is 12.0. The summed E-state index contributed by atoms with van der Waals surface area (Å²) in [5, 5.41) is 0. The zero-order valence-corrected chi connectivity index (χ0v) is 19.7. The highest BCUT2D eigenvalue weighted by atomic mass is 19.1. The van der Waals surface area contributed by atoms with E-state index in [4.69, 9.17) is 10.7 Å². The number of hydrogen-bond acceptors (Lipinski definition) is 6. The summed E-state index contributed by atoms with van der Waals surface area (Å²) in [6.07, 6.45) is 5.28. The number of carbonyl (C=O) groups excluding carboxylic acids is 1. The van der Waals surface area contributed by atoms with Crippen LogP contribution in [0.1, 0.15) is 40.5 Å². The largest absolute Gasteiger partial charge is 0.366 e. The number of alkyl halides is 1. The topological polar surface area (TPSA) is 93.2 Å². The summed E-state index contributed by atoms with van der Waals surface area (Å²) in [5.41, 5.74) is 7.57. The number of amides is 1. The monoisotopic (exact) mass is 481 g/mol. The van der Waals surface area contributed by atoms with Gasteiger partial charge in [-0.05, 0) is 56.6 Å². The molecule has 8 nitrogen and oxygen atoms in total. The molecule has 1 aromatic carbocycles. The fourth-order valence-electron chi connectivity index (χ4n) is 4.69. The smallest absolute Gasteiger partial charge is 0.251 e. The van der Waals surface area contributed by atoms with Crippen molar-refractivity contribution in [3.8, 4) is 11.3 Å². The molecule has 4 heterocycles. The van der Waals surface area contributed by atoms with Crippen molar-refractivity contribution in [2.45, 2.75) is 38.4 Å². The van der Waals surface area contributed by atoms with Crippen molar-refractivity contribution in [2.75, 3.05) is 37.6 Å². The normalized spacial score (nSPS) is 20.6. The van der Waals surface area contributed by atoms with Gasteiger partial charge in [-0.3, -0.25) is 4.79 Å². The highest BCUT2D eigenvalue weighted by Crippen LogP contribution is 2.33. The van der Waals surface area contributed by atoms with E-state index >= 15 is 4.39 Å². The van der Waals surface area contributed by atoms with E-state index in [9.17, 15) is 9.18 Å². The third-order valence-electron chi connectivity index (χ3n) is 6.95. The fourth-order valence-corrected chi connectivity index (χ4v) is 4.69. The lowest BCUT2D eigenvalue weighted by atomic mass is 9.94. The molecule has 2 N–H and O–H groups in total. The first-order valence-corrected chi connectivity index (χ1v) is 12.0. The van der Waals surface area contributed by atoms with E-state index in [1.165, 1.54) is 24.9 Å². The van der Waals surface area contributed by atoms with E-state index < -0.39 is 12.1 Å². The van der Waals surface area contributed by atoms with E-state index in [-0.39, 0.29) is 23.8 Å². The molecule has 0 saturated carbocycles. The minimum atomic E-state index is -1.17. The number of halogens is 2. The average molecular weight is 482 g/mol. The number of aromatic nitrogens is 4. The first-order chi connectivity index (χ1) is 16.9. The van der Waals surface area contributed by atoms with Crippen LogP contribution in [-0.4, -0.2) is 69.2 Å². The predicted molar refractivity (Wildman–Crippen MR) is 128 cm³/mol. The van der Waals surface area contributed by atoms with Gasteiger partial charge in [0.1, 0.15) is 17.8 Å². The lowest BCUT2D eigenvalue weighted by Crippen LogP contribution is -2.43. The van der Waals surface area contributed by atoms with Crippen LogP contribution in [0.3, 0.4) is 0 Å². The Morgan fingerprint density at radius 3 is 2.57 bits per heavy atom. The van der Waals surface area contributed by atoms with Crippen molar-refractivity contribution >= 4 is 11.9 Å². The number of hydrogen-bond donors (Lipinski definition) is 1. The SMILES string of the molecule is Cc1cc(-c2cn(CCN3CCC3)c(C3CCN(c4ncc(C(N)=O)cn4)CC3F)n2)ccc1F. The molecule has 2 aliphatic heterocycles. The molecule has 2 saturated heterocycles. The number of rotatable bonds is 7. The van der Waals surface area contributed by atoms with Crippen molar-refractivity contribution in [1.29, 1.82) is 0 Å². The van der Waals surface area contributed by atoms with Gasteiger partial charge in [0.05, 0.1) is 23.7 Å². The molecule has 0 bridgehead atoms. The third-order valence-corrected chi connectivity index (χ3v) is 6.95. The van der Waals surface area contributed by atoms with Crippen molar-refractivity contribution in [2.24, 2.45) is 5.73 Å². The summed E-state index contributed by atoms with van der Waals surface area (Å²) in [4.78, 5) is 28.7. The van der Waals surface area contributed by atoms with Crippen LogP contribution in [0.4, 0.5) is 14.7 Å². The molecule has 2 unspecified atom stereocenters. The number of carbonyl (C=O) groups is 1. The van der Waals surface area contributed by atoms with E-state index in [2.05, 4.69) is 19.4 Å². The fraction of sp³-hybridized carbons (Fsp3) is 0.440. The van der Waals surface area contributed by atoms with Crippen molar-refractivity contribution in [3.05, 3.63) is 59.6 Å². The highest BCUT2D eigenvalue weighted by Gasteiger charge is 2.35. The molecule has 3 aromatic rings. The Balaban J connectivity index is 1.37. The van der Waals surface area contributed by atoms with Crippen LogP contribution in [0.5, 0.6) is 0 Å². The Kier molecular flexibility index (Phi) is 6.46. The van der Waals surface area contributed by atoms with Gasteiger partial charge in [-0.2, -0.15) is 0 Å². The summed E-state index contributed by atoms with van der Waals surface area (Å²) < 4.78 is 31.5. The third kappa shape index (κ3) is 4.88. The predicted octanol–water partition coefficient (Wildman–Crippen LogP) is 2.92. The molecule has 2 fully saturated rings. The Hall–Kier alpha value is -3.40. The average Bonchev–Trinajstić information content (AvgIpc) is 3.23. The molecule has 0 aliphatic carbocycles. The molecule has 2 aromatic heterocycles. The van der Waals surface area contributed by atoms with E-state index in [0.717, 1.165) is 43.3 Å². The number of imidazole rings is 1. The summed E-state index contributed by atoms with van der Waals surface area (Å²) >= 11 is 0. The van der Waals surface area contributed by atoms with Gasteiger partial charge in [0.15, 0.2) is 0 Å². The minimum absolute atomic E-state index is 0.130. The van der Waals surface area contributed by atoms with Gasteiger partial charge < -0.3 is 20.1 Å². The maximum absolute atomic E-state index is 15.6. The zero-order valence-electron chi connectivity index (χ0n) is 19.7. The van der Waals surface area contributed by atoms with Crippen molar-refractivity contribution < 1.29 is 13.6 Å². The van der Waals surface area contributed by atoms with Gasteiger partial charge in [-0.25, -0.2) is 23.7 Å². The molecule has 0 radical (unpaired) electrons. The molecule has 1 amide bonds. The molecule has 184 valence electrons. The van der Waals surface area contributed by atoms with Crippen LogP contribution < -0.4 is 10.6 Å². The Labute approximate surface area is 202 Å². The number of primary amides is 1. The second kappa shape index (κ2) is 9.69. The standard InChI is InChI=1S/C25H29F2N7O/c1-16-11-17(3-4-20(16)26)22-15-33(10-9-32-6-2-7-32)24(31-22)19-5-8-34(14-21(19)27)25-29-12-18(13-30-25)23(28)35/h3-4,11-13,15,19,21H,2,5-10,14H2,1H3,(H2,28,35). The van der Waals surface area contributed by atoms with Gasteiger partial charge in [0.25, 0.3) is 5.91 Å². The van der Waals surface area contributed by atoms with Gasteiger partial charge in [0.2, 0.25) is 5.95 Å². The van der Waals surface area contributed by atoms with Gasteiger partial charge in [0, 0.05) is 43.8 Å². The number of aryl methyl sites for hydroxylation is 1. The lowest BCUT2D eigenvalue weighted by Gasteiger charge is -2.35. The maximum Gasteiger partial charge on any atom is 0.251 e. The summed E-state index contributed by atoms with van der Waals surface area (Å²) in [5.74, 6) is -0.133. The Morgan fingerprint density at radius 1 is 1.17 bits per heavy atom. The van der Waals surface area contributed by atoms with Gasteiger partial charge in [-0.15, -0.1) is 0 Å². The summed E-state index contributed by atoms with van der Waals surface area (Å²) in [7, 11) is 0. The number of benzene rings is 1. The van der Waals surface area contributed by atoms with Gasteiger partial charge >= 0.3 is 0 Å². The van der Waals surface area contributed by atoms with Crippen LogP contribution in [0.2, 0.25) is 0 Å². The maximum atomic E-state index is 15.6. The molecule has 2 aliphatic rings. The second-order valence-electron chi connectivity index (χ2n) is 9.33. The van der Waals surface area contributed by atoms with E-state index in [0.29, 0.717) is 24.5 Å². The molecule has 35 heavy (non-hydrogen) atoms. The minimum Gasteiger partial charge on any atom is -0.366 e. The number of anilines is 1. The Morgan fingerprint density at radius 2 is 1.94 bits per heavy atom. The molecule has 0 spiro atoms.